The summed E-state index contributed by atoms with van der Waals surface area (Å²) < 4.78 is 0. The zero-order chi connectivity index (χ0) is 20.3. The molecule has 0 heterocycles. The minimum atomic E-state index is 0.309. The fourth-order valence-corrected chi connectivity index (χ4v) is 2.91. The lowest BCUT2D eigenvalue weighted by Gasteiger charge is -2.31. The van der Waals surface area contributed by atoms with E-state index in [-0.39, 0.29) is 0 Å². The van der Waals surface area contributed by atoms with Crippen molar-refractivity contribution >= 4 is 5.84 Å². The molecule has 0 aromatic carbocycles. The van der Waals surface area contributed by atoms with Gasteiger partial charge in [-0.2, -0.15) is 0 Å². The molecule has 0 aromatic heterocycles. The third kappa shape index (κ3) is 11.6. The van der Waals surface area contributed by atoms with Gasteiger partial charge in [0.05, 0.1) is 6.54 Å². The van der Waals surface area contributed by atoms with Gasteiger partial charge in [-0.05, 0) is 45.4 Å². The van der Waals surface area contributed by atoms with E-state index in [0.29, 0.717) is 6.04 Å². The van der Waals surface area contributed by atoms with Gasteiger partial charge in [0.15, 0.2) is 0 Å². The Balaban J connectivity index is 4.93. The molecule has 0 saturated heterocycles. The molecule has 0 aliphatic heterocycles. The molecule has 2 N–H and O–H groups in total. The maximum absolute atomic E-state index is 4.71. The van der Waals surface area contributed by atoms with Gasteiger partial charge in [-0.3, -0.25) is 9.89 Å². The average Bonchev–Trinajstić information content (AvgIpc) is 2.68. The fraction of sp³-hybridized carbons (Fsp3) is 0.609. The van der Waals surface area contributed by atoms with Crippen molar-refractivity contribution < 1.29 is 0 Å². The van der Waals surface area contributed by atoms with Gasteiger partial charge in [0.25, 0.3) is 0 Å². The standard InChI is InChI=1S/C23H42N4/c1-7-13-15-16-18-26-23(25-10-4)20-24-19-22(27(11-5)12-6)21(9-3)17-14-8-2/h8-9,13-15,17,22,24H,3,7,10-12,16,18-20H2,1-2,4-6H3,(H,25,26)/b14-8-,15-13-,21-17+. The Hall–Kier alpha value is -1.65. The molecule has 0 radical (unpaired) electrons. The van der Waals surface area contributed by atoms with E-state index in [4.69, 9.17) is 4.99 Å². The zero-order valence-electron chi connectivity index (χ0n) is 18.3. The first kappa shape index (κ1) is 25.4. The monoisotopic (exact) mass is 374 g/mol. The molecule has 0 aliphatic carbocycles. The maximum Gasteiger partial charge on any atom is 0.110 e. The second-order valence-electron chi connectivity index (χ2n) is 6.29. The maximum atomic E-state index is 4.71. The molecule has 154 valence electrons. The summed E-state index contributed by atoms with van der Waals surface area (Å²) in [6, 6.07) is 0.309. The van der Waals surface area contributed by atoms with Gasteiger partial charge in [-0.1, -0.05) is 63.8 Å². The number of hydrogen-bond donors (Lipinski definition) is 2. The number of nitrogens with one attached hydrogen (secondary N) is 2. The predicted octanol–water partition coefficient (Wildman–Crippen LogP) is 4.34. The lowest BCUT2D eigenvalue weighted by Crippen LogP contribution is -2.45. The van der Waals surface area contributed by atoms with Crippen LogP contribution in [0.1, 0.15) is 47.5 Å². The van der Waals surface area contributed by atoms with Crippen molar-refractivity contribution in [2.75, 3.05) is 39.3 Å². The van der Waals surface area contributed by atoms with E-state index in [1.54, 1.807) is 0 Å². The molecule has 0 bridgehead atoms. The highest BCUT2D eigenvalue weighted by Gasteiger charge is 2.18. The zero-order valence-corrected chi connectivity index (χ0v) is 18.3. The quantitative estimate of drug-likeness (QED) is 0.147. The molecule has 0 aromatic rings. The van der Waals surface area contributed by atoms with E-state index in [1.807, 2.05) is 13.0 Å². The summed E-state index contributed by atoms with van der Waals surface area (Å²) in [4.78, 5) is 7.18. The molecule has 0 saturated carbocycles. The molecular formula is C23H42N4. The first-order valence-corrected chi connectivity index (χ1v) is 10.5. The average molecular weight is 375 g/mol. The summed E-state index contributed by atoms with van der Waals surface area (Å²) >= 11 is 0. The van der Waals surface area contributed by atoms with E-state index in [9.17, 15) is 0 Å². The van der Waals surface area contributed by atoms with Gasteiger partial charge in [-0.25, -0.2) is 0 Å². The first-order valence-electron chi connectivity index (χ1n) is 10.5. The SMILES string of the molecule is C=C/C(=C\C=C/C)C(CNCC(=NCC/C=C\CC)NCC)N(CC)CC. The minimum Gasteiger partial charge on any atom is -0.373 e. The van der Waals surface area contributed by atoms with E-state index >= 15 is 0 Å². The van der Waals surface area contributed by atoms with Crippen LogP contribution in [0.4, 0.5) is 0 Å². The summed E-state index contributed by atoms with van der Waals surface area (Å²) in [5, 5.41) is 6.98. The van der Waals surface area contributed by atoms with E-state index in [1.165, 1.54) is 5.57 Å². The number of amidine groups is 1. The van der Waals surface area contributed by atoms with Gasteiger partial charge < -0.3 is 10.6 Å². The van der Waals surface area contributed by atoms with Crippen LogP contribution < -0.4 is 10.6 Å². The summed E-state index contributed by atoms with van der Waals surface area (Å²) in [5.74, 6) is 1.04. The van der Waals surface area contributed by atoms with Gasteiger partial charge in [-0.15, -0.1) is 0 Å². The van der Waals surface area contributed by atoms with Crippen molar-refractivity contribution in [3.05, 3.63) is 48.6 Å². The third-order valence-corrected chi connectivity index (χ3v) is 4.37. The summed E-state index contributed by atoms with van der Waals surface area (Å²) in [6.07, 6.45) is 14.8. The molecule has 0 amide bonds. The molecular weight excluding hydrogens is 332 g/mol. The summed E-state index contributed by atoms with van der Waals surface area (Å²) in [7, 11) is 0. The van der Waals surface area contributed by atoms with E-state index in [0.717, 1.165) is 57.9 Å². The number of allylic oxidation sites excluding steroid dienone is 4. The van der Waals surface area contributed by atoms with Crippen molar-refractivity contribution in [1.82, 2.24) is 15.5 Å². The van der Waals surface area contributed by atoms with Crippen LogP contribution in [-0.4, -0.2) is 56.0 Å². The summed E-state index contributed by atoms with van der Waals surface area (Å²) in [6.45, 7) is 20.1. The van der Waals surface area contributed by atoms with Crippen LogP contribution in [0.15, 0.2) is 53.6 Å². The molecule has 0 spiro atoms. The van der Waals surface area contributed by atoms with Gasteiger partial charge in [0.2, 0.25) is 0 Å². The van der Waals surface area contributed by atoms with Crippen molar-refractivity contribution in [3.8, 4) is 0 Å². The molecule has 0 fully saturated rings. The Labute approximate surface area is 168 Å². The molecule has 1 atom stereocenters. The molecule has 4 heteroatoms. The Morgan fingerprint density at radius 3 is 2.44 bits per heavy atom. The van der Waals surface area contributed by atoms with Crippen LogP contribution >= 0.6 is 0 Å². The highest BCUT2D eigenvalue weighted by molar-refractivity contribution is 5.84. The largest absolute Gasteiger partial charge is 0.373 e. The van der Waals surface area contributed by atoms with Gasteiger partial charge in [0, 0.05) is 25.7 Å². The molecule has 0 aliphatic rings. The van der Waals surface area contributed by atoms with Crippen LogP contribution in [0.3, 0.4) is 0 Å². The minimum absolute atomic E-state index is 0.309. The summed E-state index contributed by atoms with van der Waals surface area (Å²) in [5.41, 5.74) is 1.25. The van der Waals surface area contributed by atoms with Crippen LogP contribution in [0.25, 0.3) is 0 Å². The van der Waals surface area contributed by atoms with Crippen molar-refractivity contribution in [1.29, 1.82) is 0 Å². The third-order valence-electron chi connectivity index (χ3n) is 4.37. The Morgan fingerprint density at radius 1 is 1.15 bits per heavy atom. The Bertz CT molecular complexity index is 485. The smallest absolute Gasteiger partial charge is 0.110 e. The normalized spacial score (nSPS) is 14.4. The topological polar surface area (TPSA) is 39.7 Å². The second-order valence-corrected chi connectivity index (χ2v) is 6.29. The Kier molecular flexibility index (Phi) is 16.7. The second kappa shape index (κ2) is 17.7. The van der Waals surface area contributed by atoms with Crippen molar-refractivity contribution in [2.24, 2.45) is 4.99 Å². The highest BCUT2D eigenvalue weighted by atomic mass is 15.2. The van der Waals surface area contributed by atoms with E-state index < -0.39 is 0 Å². The van der Waals surface area contributed by atoms with Crippen LogP contribution in [-0.2, 0) is 0 Å². The van der Waals surface area contributed by atoms with Gasteiger partial charge >= 0.3 is 0 Å². The van der Waals surface area contributed by atoms with E-state index in [2.05, 4.69) is 80.2 Å². The molecule has 1 unspecified atom stereocenters. The number of hydrogen-bond acceptors (Lipinski definition) is 3. The Morgan fingerprint density at radius 2 is 1.89 bits per heavy atom. The predicted molar refractivity (Wildman–Crippen MR) is 123 cm³/mol. The number of nitrogens with zero attached hydrogens (tertiary/aromatic N) is 2. The van der Waals surface area contributed by atoms with Crippen LogP contribution in [0.5, 0.6) is 0 Å². The molecule has 4 nitrogen and oxygen atoms in total. The van der Waals surface area contributed by atoms with Crippen molar-refractivity contribution in [3.63, 3.8) is 0 Å². The van der Waals surface area contributed by atoms with Crippen LogP contribution in [0, 0.1) is 0 Å². The highest BCUT2D eigenvalue weighted by Crippen LogP contribution is 2.12. The number of aliphatic imine (C=N–C) groups is 1. The number of likely N-dealkylation sites (N-methyl/N-ethyl adjacent to an activating group) is 2. The fourth-order valence-electron chi connectivity index (χ4n) is 2.91. The molecule has 0 rings (SSSR count). The number of rotatable bonds is 15. The lowest BCUT2D eigenvalue weighted by atomic mass is 10.0. The van der Waals surface area contributed by atoms with Gasteiger partial charge in [0.1, 0.15) is 5.84 Å². The first-order chi connectivity index (χ1) is 13.2. The van der Waals surface area contributed by atoms with Crippen LogP contribution in [0.2, 0.25) is 0 Å². The van der Waals surface area contributed by atoms with Crippen molar-refractivity contribution in [2.45, 2.75) is 53.5 Å². The molecule has 27 heavy (non-hydrogen) atoms. The lowest BCUT2D eigenvalue weighted by molar-refractivity contribution is 0.243.